The molecule has 0 bridgehead atoms. The smallest absolute Gasteiger partial charge is 0.262 e. The number of fused-ring (bicyclic) bond motifs is 3. The molecule has 1 saturated heterocycles. The van der Waals surface area contributed by atoms with Crippen LogP contribution in [-0.4, -0.2) is 32.9 Å². The van der Waals surface area contributed by atoms with Crippen LogP contribution in [0, 0.1) is 0 Å². The minimum Gasteiger partial charge on any atom is -0.338 e. The lowest BCUT2D eigenvalue weighted by Crippen LogP contribution is -2.45. The first kappa shape index (κ1) is 16.8. The van der Waals surface area contributed by atoms with E-state index in [0.717, 1.165) is 55.3 Å². The second kappa shape index (κ2) is 6.90. The number of amides is 1. The fourth-order valence-electron chi connectivity index (χ4n) is 4.28. The van der Waals surface area contributed by atoms with Crippen molar-refractivity contribution in [2.24, 2.45) is 0 Å². The van der Waals surface area contributed by atoms with Crippen LogP contribution in [0.1, 0.15) is 55.9 Å². The second-order valence-electron chi connectivity index (χ2n) is 7.21. The summed E-state index contributed by atoms with van der Waals surface area (Å²) in [5, 5.41) is 0.765. The zero-order chi connectivity index (χ0) is 17.4. The number of likely N-dealkylation sites (tertiary alicyclic amines) is 1. The molecule has 3 heterocycles. The molecule has 1 aliphatic heterocycles. The Kier molecular flexibility index (Phi) is 4.63. The van der Waals surface area contributed by atoms with E-state index in [1.165, 1.54) is 27.8 Å². The van der Waals surface area contributed by atoms with Gasteiger partial charge in [0.15, 0.2) is 0 Å². The fourth-order valence-corrected chi connectivity index (χ4v) is 5.50. The van der Waals surface area contributed by atoms with Gasteiger partial charge in [-0.1, -0.05) is 6.92 Å². The summed E-state index contributed by atoms with van der Waals surface area (Å²) < 4.78 is 1.52. The molecule has 2 aromatic heterocycles. The zero-order valence-corrected chi connectivity index (χ0v) is 15.6. The number of piperidine rings is 1. The van der Waals surface area contributed by atoms with Gasteiger partial charge in [0.25, 0.3) is 5.56 Å². The van der Waals surface area contributed by atoms with Crippen LogP contribution in [-0.2, 0) is 24.2 Å². The predicted octanol–water partition coefficient (Wildman–Crippen LogP) is 3.13. The molecule has 0 radical (unpaired) electrons. The highest BCUT2D eigenvalue weighted by molar-refractivity contribution is 7.18. The summed E-state index contributed by atoms with van der Waals surface area (Å²) in [4.78, 5) is 34.4. The van der Waals surface area contributed by atoms with Gasteiger partial charge in [0, 0.05) is 17.5 Å². The Labute approximate surface area is 151 Å². The van der Waals surface area contributed by atoms with Crippen molar-refractivity contribution in [3.05, 3.63) is 27.1 Å². The summed E-state index contributed by atoms with van der Waals surface area (Å²) in [7, 11) is 0. The van der Waals surface area contributed by atoms with Crippen molar-refractivity contribution in [1.29, 1.82) is 0 Å². The third-order valence-electron chi connectivity index (χ3n) is 5.67. The summed E-state index contributed by atoms with van der Waals surface area (Å²) in [6.45, 7) is 3.06. The second-order valence-corrected chi connectivity index (χ2v) is 8.30. The summed E-state index contributed by atoms with van der Waals surface area (Å²) >= 11 is 1.65. The number of carbonyl (C=O) groups excluding carboxylic acids is 1. The molecular weight excluding hydrogens is 334 g/mol. The maximum absolute atomic E-state index is 13.0. The minimum atomic E-state index is -0.0391. The molecular formula is C19H25N3O2S. The molecule has 0 spiro atoms. The molecule has 2 aromatic rings. The lowest BCUT2D eigenvalue weighted by molar-refractivity contribution is -0.135. The van der Waals surface area contributed by atoms with Crippen LogP contribution in [0.5, 0.6) is 0 Å². The Morgan fingerprint density at radius 1 is 1.28 bits per heavy atom. The van der Waals surface area contributed by atoms with Crippen molar-refractivity contribution in [2.75, 3.05) is 6.54 Å². The Bertz CT molecular complexity index is 854. The molecule has 0 N–H and O–H groups in total. The Hall–Kier alpha value is -1.69. The summed E-state index contributed by atoms with van der Waals surface area (Å²) in [5.41, 5.74) is 1.15. The summed E-state index contributed by atoms with van der Waals surface area (Å²) in [6.07, 6.45) is 10.2. The van der Waals surface area contributed by atoms with Crippen LogP contribution in [0.15, 0.2) is 11.1 Å². The molecule has 4 rings (SSSR count). The lowest BCUT2D eigenvalue weighted by atomic mass is 9.97. The molecule has 25 heavy (non-hydrogen) atoms. The molecule has 0 unspecified atom stereocenters. The van der Waals surface area contributed by atoms with Gasteiger partial charge >= 0.3 is 0 Å². The van der Waals surface area contributed by atoms with E-state index in [1.54, 1.807) is 17.7 Å². The van der Waals surface area contributed by atoms with E-state index in [2.05, 4.69) is 11.9 Å². The molecule has 0 aromatic carbocycles. The highest BCUT2D eigenvalue weighted by atomic mass is 32.1. The molecule has 1 amide bonds. The minimum absolute atomic E-state index is 0.0391. The van der Waals surface area contributed by atoms with Crippen LogP contribution >= 0.6 is 11.3 Å². The van der Waals surface area contributed by atoms with Gasteiger partial charge in [-0.25, -0.2) is 4.98 Å². The number of nitrogens with zero attached hydrogens (tertiary/aromatic N) is 3. The monoisotopic (exact) mass is 359 g/mol. The highest BCUT2D eigenvalue weighted by Gasteiger charge is 2.26. The molecule has 1 atom stereocenters. The van der Waals surface area contributed by atoms with Crippen molar-refractivity contribution in [3.63, 3.8) is 0 Å². The number of hydrogen-bond acceptors (Lipinski definition) is 4. The van der Waals surface area contributed by atoms with Gasteiger partial charge in [0.1, 0.15) is 11.4 Å². The van der Waals surface area contributed by atoms with Crippen LogP contribution < -0.4 is 5.56 Å². The van der Waals surface area contributed by atoms with E-state index in [0.29, 0.717) is 6.04 Å². The zero-order valence-electron chi connectivity index (χ0n) is 14.8. The molecule has 134 valence electrons. The quantitative estimate of drug-likeness (QED) is 0.846. The van der Waals surface area contributed by atoms with E-state index in [9.17, 15) is 9.59 Å². The van der Waals surface area contributed by atoms with E-state index >= 15 is 0 Å². The lowest BCUT2D eigenvalue weighted by Gasteiger charge is -2.35. The SMILES string of the molecule is CC[C@@H]1CCCCN1C(=O)Cn1cnc2sc3c(c2c1=O)CCCC3. The summed E-state index contributed by atoms with van der Waals surface area (Å²) in [5.74, 6) is 0.0545. The Morgan fingerprint density at radius 3 is 2.96 bits per heavy atom. The van der Waals surface area contributed by atoms with Gasteiger partial charge < -0.3 is 4.90 Å². The standard InChI is InChI=1S/C19H25N3O2S/c1-2-13-7-5-6-10-22(13)16(23)11-21-12-20-18-17(19(21)24)14-8-3-4-9-15(14)25-18/h12-13H,2-11H2,1H3/t13-/m1/s1. The third kappa shape index (κ3) is 3.01. The van der Waals surface area contributed by atoms with E-state index in [-0.39, 0.29) is 18.0 Å². The third-order valence-corrected chi connectivity index (χ3v) is 6.87. The van der Waals surface area contributed by atoms with Crippen molar-refractivity contribution in [1.82, 2.24) is 14.5 Å². The number of rotatable bonds is 3. The molecule has 6 heteroatoms. The van der Waals surface area contributed by atoms with Gasteiger partial charge in [-0.05, 0) is 56.9 Å². The first-order chi connectivity index (χ1) is 12.2. The maximum atomic E-state index is 13.0. The number of hydrogen-bond donors (Lipinski definition) is 0. The van der Waals surface area contributed by atoms with Crippen molar-refractivity contribution in [2.45, 2.75) is 70.9 Å². The molecule has 1 fully saturated rings. The number of aromatic nitrogens is 2. The van der Waals surface area contributed by atoms with Crippen molar-refractivity contribution in [3.8, 4) is 0 Å². The maximum Gasteiger partial charge on any atom is 0.262 e. The van der Waals surface area contributed by atoms with Gasteiger partial charge in [0.2, 0.25) is 5.91 Å². The Morgan fingerprint density at radius 2 is 2.12 bits per heavy atom. The van der Waals surface area contributed by atoms with Crippen LogP contribution in [0.3, 0.4) is 0 Å². The van der Waals surface area contributed by atoms with E-state index < -0.39 is 0 Å². The van der Waals surface area contributed by atoms with Gasteiger partial charge in [-0.2, -0.15) is 0 Å². The molecule has 0 saturated carbocycles. The Balaban J connectivity index is 1.64. The number of aryl methyl sites for hydroxylation is 2. The largest absolute Gasteiger partial charge is 0.338 e. The van der Waals surface area contributed by atoms with Crippen LogP contribution in [0.25, 0.3) is 10.2 Å². The first-order valence-corrected chi connectivity index (χ1v) is 10.3. The number of thiophene rings is 1. The fraction of sp³-hybridized carbons (Fsp3) is 0.632. The highest BCUT2D eigenvalue weighted by Crippen LogP contribution is 2.33. The van der Waals surface area contributed by atoms with Crippen molar-refractivity contribution >= 4 is 27.5 Å². The van der Waals surface area contributed by atoms with Gasteiger partial charge in [0.05, 0.1) is 11.7 Å². The normalized spacial score (nSPS) is 20.7. The van der Waals surface area contributed by atoms with E-state index in [4.69, 9.17) is 0 Å². The predicted molar refractivity (Wildman–Crippen MR) is 100 cm³/mol. The average molecular weight is 359 g/mol. The topological polar surface area (TPSA) is 55.2 Å². The molecule has 2 aliphatic rings. The average Bonchev–Trinajstić information content (AvgIpc) is 3.03. The first-order valence-electron chi connectivity index (χ1n) is 9.48. The molecule has 1 aliphatic carbocycles. The van der Waals surface area contributed by atoms with Crippen molar-refractivity contribution < 1.29 is 4.79 Å². The van der Waals surface area contributed by atoms with E-state index in [1.807, 2.05) is 4.90 Å². The summed E-state index contributed by atoms with van der Waals surface area (Å²) in [6, 6.07) is 0.322. The van der Waals surface area contributed by atoms with Crippen LogP contribution in [0.2, 0.25) is 0 Å². The molecule has 5 nitrogen and oxygen atoms in total. The van der Waals surface area contributed by atoms with Crippen LogP contribution in [0.4, 0.5) is 0 Å². The van der Waals surface area contributed by atoms with Gasteiger partial charge in [-0.3, -0.25) is 14.2 Å². The van der Waals surface area contributed by atoms with Gasteiger partial charge in [-0.15, -0.1) is 11.3 Å². The number of carbonyl (C=O) groups is 1.